The predicted octanol–water partition coefficient (Wildman–Crippen LogP) is 5.23. The van der Waals surface area contributed by atoms with Crippen molar-refractivity contribution in [2.75, 3.05) is 0 Å². The summed E-state index contributed by atoms with van der Waals surface area (Å²) in [5, 5.41) is 0.993. The lowest BCUT2D eigenvalue weighted by Crippen LogP contribution is -2.26. The van der Waals surface area contributed by atoms with Gasteiger partial charge in [0.25, 0.3) is 0 Å². The summed E-state index contributed by atoms with van der Waals surface area (Å²) < 4.78 is 36.5. The molecule has 0 aliphatic rings. The second kappa shape index (κ2) is 6.47. The van der Waals surface area contributed by atoms with Gasteiger partial charge in [-0.1, -0.05) is 15.9 Å². The number of ether oxygens (including phenoxy) is 2. The molecule has 0 amide bonds. The number of halogens is 3. The van der Waals surface area contributed by atoms with Crippen molar-refractivity contribution >= 4 is 32.9 Å². The third-order valence-electron chi connectivity index (χ3n) is 3.17. The molecule has 2 aromatic rings. The molecule has 0 unspecified atom stereocenters. The Balaban J connectivity index is 2.58. The molecule has 1 heterocycles. The third kappa shape index (κ3) is 3.83. The van der Waals surface area contributed by atoms with Gasteiger partial charge < -0.3 is 9.47 Å². The molecule has 126 valence electrons. The van der Waals surface area contributed by atoms with Crippen LogP contribution in [0.4, 0.5) is 13.6 Å². The number of hydrogen-bond acceptors (Lipinski definition) is 3. The van der Waals surface area contributed by atoms with E-state index in [2.05, 4.69) is 20.7 Å². The maximum absolute atomic E-state index is 12.6. The van der Waals surface area contributed by atoms with E-state index in [4.69, 9.17) is 4.74 Å². The van der Waals surface area contributed by atoms with Crippen molar-refractivity contribution in [2.24, 2.45) is 0 Å². The molecule has 0 saturated carbocycles. The molecule has 0 N–H and O–H groups in total. The number of fused-ring (bicyclic) bond motifs is 1. The first-order chi connectivity index (χ1) is 10.6. The van der Waals surface area contributed by atoms with Crippen molar-refractivity contribution in [2.45, 2.75) is 45.2 Å². The van der Waals surface area contributed by atoms with Crippen LogP contribution in [0, 0.1) is 6.92 Å². The van der Waals surface area contributed by atoms with Gasteiger partial charge in [-0.3, -0.25) is 4.57 Å². The van der Waals surface area contributed by atoms with E-state index in [9.17, 15) is 13.6 Å². The molecule has 0 fully saturated rings. The largest absolute Gasteiger partial charge is 0.443 e. The molecular formula is C16H18BrF2NO3. The van der Waals surface area contributed by atoms with Crippen LogP contribution in [0.5, 0.6) is 5.75 Å². The van der Waals surface area contributed by atoms with Gasteiger partial charge in [-0.2, -0.15) is 8.78 Å². The number of nitrogens with zero attached hydrogens (tertiary/aromatic N) is 1. The Morgan fingerprint density at radius 2 is 2.04 bits per heavy atom. The highest BCUT2D eigenvalue weighted by atomic mass is 79.9. The average molecular weight is 390 g/mol. The van der Waals surface area contributed by atoms with Crippen LogP contribution in [0.2, 0.25) is 0 Å². The molecule has 7 heteroatoms. The van der Waals surface area contributed by atoms with E-state index in [-0.39, 0.29) is 5.75 Å². The minimum Gasteiger partial charge on any atom is -0.443 e. The number of alkyl halides is 3. The van der Waals surface area contributed by atoms with Crippen LogP contribution in [-0.2, 0) is 10.1 Å². The number of benzene rings is 1. The molecular weight excluding hydrogens is 372 g/mol. The number of rotatable bonds is 3. The fourth-order valence-electron chi connectivity index (χ4n) is 2.37. The summed E-state index contributed by atoms with van der Waals surface area (Å²) in [6.45, 7) is 4.17. The summed E-state index contributed by atoms with van der Waals surface area (Å²) in [6, 6.07) is 3.20. The molecule has 0 saturated heterocycles. The highest BCUT2D eigenvalue weighted by Gasteiger charge is 2.22. The summed E-state index contributed by atoms with van der Waals surface area (Å²) in [5.41, 5.74) is 1.21. The molecule has 0 atom stereocenters. The lowest BCUT2D eigenvalue weighted by atomic mass is 10.1. The highest BCUT2D eigenvalue weighted by molar-refractivity contribution is 9.08. The minimum atomic E-state index is -2.91. The molecule has 0 aliphatic heterocycles. The van der Waals surface area contributed by atoms with Crippen molar-refractivity contribution in [3.05, 3.63) is 29.5 Å². The molecule has 4 nitrogen and oxygen atoms in total. The SMILES string of the molecule is Cc1cc(OC(F)F)c(CBr)c2ccn(C(=O)OC(C)(C)C)c12. The number of aryl methyl sites for hydroxylation is 1. The Morgan fingerprint density at radius 1 is 1.39 bits per heavy atom. The van der Waals surface area contributed by atoms with Gasteiger partial charge >= 0.3 is 12.7 Å². The van der Waals surface area contributed by atoms with E-state index in [1.165, 1.54) is 10.6 Å². The fourth-order valence-corrected chi connectivity index (χ4v) is 2.94. The van der Waals surface area contributed by atoms with Crippen molar-refractivity contribution < 1.29 is 23.0 Å². The van der Waals surface area contributed by atoms with Crippen LogP contribution >= 0.6 is 15.9 Å². The second-order valence-corrected chi connectivity index (χ2v) is 6.67. The Labute approximate surface area is 141 Å². The van der Waals surface area contributed by atoms with Gasteiger partial charge in [0.05, 0.1) is 5.52 Å². The normalized spacial score (nSPS) is 12.0. The van der Waals surface area contributed by atoms with E-state index in [1.54, 1.807) is 40.0 Å². The number of carbonyl (C=O) groups excluding carboxylic acids is 1. The first-order valence-corrected chi connectivity index (χ1v) is 8.14. The summed E-state index contributed by atoms with van der Waals surface area (Å²) in [4.78, 5) is 12.3. The Hall–Kier alpha value is -1.63. The summed E-state index contributed by atoms with van der Waals surface area (Å²) in [6.07, 6.45) is 1.06. The van der Waals surface area contributed by atoms with Crippen molar-refractivity contribution in [1.82, 2.24) is 4.57 Å². The van der Waals surface area contributed by atoms with Crippen LogP contribution in [0.3, 0.4) is 0 Å². The van der Waals surface area contributed by atoms with Gasteiger partial charge in [-0.05, 0) is 45.4 Å². The van der Waals surface area contributed by atoms with Gasteiger partial charge in [0.1, 0.15) is 11.4 Å². The van der Waals surface area contributed by atoms with Gasteiger partial charge in [0.15, 0.2) is 0 Å². The Bertz CT molecular complexity index is 735. The van der Waals surface area contributed by atoms with Crippen molar-refractivity contribution in [1.29, 1.82) is 0 Å². The highest BCUT2D eigenvalue weighted by Crippen LogP contribution is 2.34. The predicted molar refractivity (Wildman–Crippen MR) is 87.6 cm³/mol. The first-order valence-electron chi connectivity index (χ1n) is 7.01. The monoisotopic (exact) mass is 389 g/mol. The Morgan fingerprint density at radius 3 is 2.57 bits per heavy atom. The zero-order valence-corrected chi connectivity index (χ0v) is 14.9. The molecule has 0 aliphatic carbocycles. The van der Waals surface area contributed by atoms with E-state index < -0.39 is 18.3 Å². The third-order valence-corrected chi connectivity index (χ3v) is 3.73. The molecule has 23 heavy (non-hydrogen) atoms. The van der Waals surface area contributed by atoms with Gasteiger partial charge in [-0.25, -0.2) is 4.79 Å². The van der Waals surface area contributed by atoms with Crippen LogP contribution < -0.4 is 4.74 Å². The van der Waals surface area contributed by atoms with E-state index in [1.807, 2.05) is 0 Å². The minimum absolute atomic E-state index is 0.101. The Kier molecular flexibility index (Phi) is 4.98. The van der Waals surface area contributed by atoms with Crippen LogP contribution in [-0.4, -0.2) is 22.9 Å². The van der Waals surface area contributed by atoms with Crippen LogP contribution in [0.25, 0.3) is 10.9 Å². The molecule has 0 radical (unpaired) electrons. The summed E-state index contributed by atoms with van der Waals surface area (Å²) in [7, 11) is 0. The van der Waals surface area contributed by atoms with E-state index in [0.717, 1.165) is 0 Å². The summed E-state index contributed by atoms with van der Waals surface area (Å²) in [5.74, 6) is 0.101. The average Bonchev–Trinajstić information content (AvgIpc) is 2.81. The van der Waals surface area contributed by atoms with Gasteiger partial charge in [-0.15, -0.1) is 0 Å². The van der Waals surface area contributed by atoms with E-state index in [0.29, 0.717) is 27.4 Å². The molecule has 0 spiro atoms. The molecule has 1 aromatic carbocycles. The van der Waals surface area contributed by atoms with Crippen LogP contribution in [0.1, 0.15) is 31.9 Å². The standard InChI is InChI=1S/C16H18BrF2NO3/c1-9-7-12(22-14(18)19)11(8-17)10-5-6-20(13(9)10)15(21)23-16(2,3)4/h5-7,14H,8H2,1-4H3. The molecule has 2 rings (SSSR count). The van der Waals surface area contributed by atoms with Crippen molar-refractivity contribution in [3.8, 4) is 5.75 Å². The van der Waals surface area contributed by atoms with Crippen molar-refractivity contribution in [3.63, 3.8) is 0 Å². The number of aromatic nitrogens is 1. The fraction of sp³-hybridized carbons (Fsp3) is 0.438. The smallest absolute Gasteiger partial charge is 0.419 e. The second-order valence-electron chi connectivity index (χ2n) is 6.11. The first kappa shape index (κ1) is 17.7. The van der Waals surface area contributed by atoms with Gasteiger partial charge in [0, 0.05) is 22.5 Å². The zero-order valence-electron chi connectivity index (χ0n) is 13.3. The van der Waals surface area contributed by atoms with E-state index >= 15 is 0 Å². The topological polar surface area (TPSA) is 40.5 Å². The maximum atomic E-state index is 12.6. The molecule has 0 bridgehead atoms. The molecule has 1 aromatic heterocycles. The van der Waals surface area contributed by atoms with Crippen LogP contribution in [0.15, 0.2) is 18.3 Å². The number of hydrogen-bond donors (Lipinski definition) is 0. The van der Waals surface area contributed by atoms with Gasteiger partial charge in [0.2, 0.25) is 0 Å². The lowest BCUT2D eigenvalue weighted by Gasteiger charge is -2.20. The number of carbonyl (C=O) groups is 1. The maximum Gasteiger partial charge on any atom is 0.419 e. The zero-order chi connectivity index (χ0) is 17.4. The summed E-state index contributed by atoms with van der Waals surface area (Å²) >= 11 is 3.29. The lowest BCUT2D eigenvalue weighted by molar-refractivity contribution is -0.0502. The quantitative estimate of drug-likeness (QED) is 0.674.